The molecule has 0 radical (unpaired) electrons. The molecule has 146 valence electrons. The third-order valence-corrected chi connectivity index (χ3v) is 4.50. The highest BCUT2D eigenvalue weighted by Gasteiger charge is 2.06. The Balaban J connectivity index is 1.78. The van der Waals surface area contributed by atoms with Crippen molar-refractivity contribution in [3.8, 4) is 5.75 Å². The largest absolute Gasteiger partial charge is 0.492 e. The first kappa shape index (κ1) is 20.8. The number of benzene rings is 1. The van der Waals surface area contributed by atoms with E-state index in [1.807, 2.05) is 31.2 Å². The van der Waals surface area contributed by atoms with Crippen molar-refractivity contribution in [2.75, 3.05) is 31.6 Å². The highest BCUT2D eigenvalue weighted by atomic mass is 32.1. The van der Waals surface area contributed by atoms with Gasteiger partial charge in [0.1, 0.15) is 12.4 Å². The molecule has 2 aromatic rings. The van der Waals surface area contributed by atoms with Crippen molar-refractivity contribution in [1.82, 2.24) is 10.6 Å². The van der Waals surface area contributed by atoms with E-state index in [1.165, 1.54) is 12.5 Å². The molecule has 0 aliphatic heterocycles. The van der Waals surface area contributed by atoms with Gasteiger partial charge in [-0.25, -0.2) is 0 Å². The van der Waals surface area contributed by atoms with E-state index in [0.717, 1.165) is 30.5 Å². The molecule has 1 aromatic heterocycles. The van der Waals surface area contributed by atoms with Crippen LogP contribution in [0.15, 0.2) is 46.1 Å². The average Bonchev–Trinajstić information content (AvgIpc) is 3.17. The number of carbonyl (C=O) groups excluding carboxylic acids is 1. The first-order valence-corrected chi connectivity index (χ1v) is 10.1. The van der Waals surface area contributed by atoms with Crippen molar-refractivity contribution in [3.63, 3.8) is 0 Å². The van der Waals surface area contributed by atoms with E-state index in [9.17, 15) is 4.79 Å². The number of carbonyl (C=O) groups is 1. The Morgan fingerprint density at radius 2 is 2.15 bits per heavy atom. The van der Waals surface area contributed by atoms with Crippen LogP contribution in [0, 0.1) is 0 Å². The smallest absolute Gasteiger partial charge is 0.221 e. The van der Waals surface area contributed by atoms with Gasteiger partial charge >= 0.3 is 0 Å². The lowest BCUT2D eigenvalue weighted by atomic mass is 10.1. The van der Waals surface area contributed by atoms with E-state index < -0.39 is 0 Å². The molecule has 1 unspecified atom stereocenters. The Hall–Kier alpha value is -2.54. The monoisotopic (exact) mass is 388 g/mol. The van der Waals surface area contributed by atoms with Crippen LogP contribution in [0.2, 0.25) is 0 Å². The molecule has 0 saturated heterocycles. The van der Waals surface area contributed by atoms with Gasteiger partial charge in [0.15, 0.2) is 5.96 Å². The molecule has 0 aliphatic rings. The quantitative estimate of drug-likeness (QED) is 0.349. The highest BCUT2D eigenvalue weighted by Crippen LogP contribution is 2.18. The van der Waals surface area contributed by atoms with Gasteiger partial charge < -0.3 is 20.7 Å². The van der Waals surface area contributed by atoms with Crippen LogP contribution in [0.25, 0.3) is 0 Å². The van der Waals surface area contributed by atoms with Crippen LogP contribution in [0.5, 0.6) is 5.75 Å². The minimum Gasteiger partial charge on any atom is -0.492 e. The van der Waals surface area contributed by atoms with Gasteiger partial charge in [-0.2, -0.15) is 11.3 Å². The zero-order valence-electron chi connectivity index (χ0n) is 16.1. The lowest BCUT2D eigenvalue weighted by molar-refractivity contribution is -0.114. The summed E-state index contributed by atoms with van der Waals surface area (Å²) in [5.41, 5.74) is 2.05. The minimum atomic E-state index is -0.100. The van der Waals surface area contributed by atoms with E-state index in [2.05, 4.69) is 44.7 Å². The highest BCUT2D eigenvalue weighted by molar-refractivity contribution is 7.07. The number of hydrogen-bond donors (Lipinski definition) is 3. The number of amides is 1. The Kier molecular flexibility index (Phi) is 8.64. The average molecular weight is 389 g/mol. The third-order valence-electron chi connectivity index (χ3n) is 3.80. The number of nitrogens with zero attached hydrogens (tertiary/aromatic N) is 1. The number of aliphatic imine (C=N–C) groups is 1. The molecule has 0 bridgehead atoms. The first-order chi connectivity index (χ1) is 13.1. The second kappa shape index (κ2) is 11.2. The molecule has 27 heavy (non-hydrogen) atoms. The summed E-state index contributed by atoms with van der Waals surface area (Å²) in [4.78, 5) is 15.8. The van der Waals surface area contributed by atoms with Crippen molar-refractivity contribution in [2.24, 2.45) is 4.99 Å². The standard InChI is InChI=1S/C20H28N4O2S/c1-4-21-20(23-13-15(2)17-8-11-27-14-17)22-9-10-26-19-7-5-6-18(12-19)24-16(3)25/h5-8,11-12,14-15H,4,9-10,13H2,1-3H3,(H,24,25)(H2,21,22,23). The fourth-order valence-electron chi connectivity index (χ4n) is 2.44. The second-order valence-corrected chi connectivity index (χ2v) is 6.94. The number of hydrogen-bond acceptors (Lipinski definition) is 4. The van der Waals surface area contributed by atoms with Gasteiger partial charge in [-0.05, 0) is 41.4 Å². The fourth-order valence-corrected chi connectivity index (χ4v) is 3.22. The number of guanidine groups is 1. The Morgan fingerprint density at radius 3 is 2.85 bits per heavy atom. The molecule has 0 aliphatic carbocycles. The molecule has 7 heteroatoms. The van der Waals surface area contributed by atoms with Crippen LogP contribution in [0.1, 0.15) is 32.3 Å². The van der Waals surface area contributed by atoms with Gasteiger partial charge in [-0.3, -0.25) is 9.79 Å². The fraction of sp³-hybridized carbons (Fsp3) is 0.400. The van der Waals surface area contributed by atoms with E-state index in [-0.39, 0.29) is 5.91 Å². The molecular weight excluding hydrogens is 360 g/mol. The molecule has 1 amide bonds. The summed E-state index contributed by atoms with van der Waals surface area (Å²) in [5.74, 6) is 1.79. The van der Waals surface area contributed by atoms with Crippen LogP contribution in [-0.2, 0) is 4.79 Å². The number of anilines is 1. The lowest BCUT2D eigenvalue weighted by Gasteiger charge is -2.14. The summed E-state index contributed by atoms with van der Waals surface area (Å²) >= 11 is 1.71. The predicted octanol–water partition coefficient (Wildman–Crippen LogP) is 3.44. The maximum atomic E-state index is 11.1. The molecule has 6 nitrogen and oxygen atoms in total. The van der Waals surface area contributed by atoms with Crippen LogP contribution in [-0.4, -0.2) is 38.1 Å². The number of ether oxygens (including phenoxy) is 1. The Labute approximate surface area is 165 Å². The van der Waals surface area contributed by atoms with Crippen molar-refractivity contribution in [3.05, 3.63) is 46.7 Å². The normalized spacial score (nSPS) is 12.3. The maximum Gasteiger partial charge on any atom is 0.221 e. The molecule has 0 spiro atoms. The van der Waals surface area contributed by atoms with Crippen molar-refractivity contribution in [1.29, 1.82) is 0 Å². The summed E-state index contributed by atoms with van der Waals surface area (Å²) in [7, 11) is 0. The van der Waals surface area contributed by atoms with Gasteiger partial charge in [-0.15, -0.1) is 0 Å². The van der Waals surface area contributed by atoms with Crippen LogP contribution in [0.3, 0.4) is 0 Å². The zero-order valence-corrected chi connectivity index (χ0v) is 16.9. The van der Waals surface area contributed by atoms with E-state index >= 15 is 0 Å². The topological polar surface area (TPSA) is 74.8 Å². The van der Waals surface area contributed by atoms with E-state index in [0.29, 0.717) is 19.1 Å². The molecule has 0 fully saturated rings. The molecule has 3 N–H and O–H groups in total. The van der Waals surface area contributed by atoms with Crippen molar-refractivity contribution >= 4 is 28.9 Å². The number of nitrogens with one attached hydrogen (secondary N) is 3. The van der Waals surface area contributed by atoms with Gasteiger partial charge in [0.2, 0.25) is 5.91 Å². The van der Waals surface area contributed by atoms with Crippen molar-refractivity contribution in [2.45, 2.75) is 26.7 Å². The van der Waals surface area contributed by atoms with Gasteiger partial charge in [0, 0.05) is 37.7 Å². The summed E-state index contributed by atoms with van der Waals surface area (Å²) in [6.45, 7) is 8.36. The number of rotatable bonds is 9. The Bertz CT molecular complexity index is 731. The summed E-state index contributed by atoms with van der Waals surface area (Å²) < 4.78 is 5.75. The van der Waals surface area contributed by atoms with Crippen molar-refractivity contribution < 1.29 is 9.53 Å². The SMILES string of the molecule is CCNC(=NCC(C)c1ccsc1)NCCOc1cccc(NC(C)=O)c1. The molecule has 1 atom stereocenters. The van der Waals surface area contributed by atoms with E-state index in [1.54, 1.807) is 11.3 Å². The lowest BCUT2D eigenvalue weighted by Crippen LogP contribution is -2.39. The van der Waals surface area contributed by atoms with Crippen LogP contribution >= 0.6 is 11.3 Å². The predicted molar refractivity (Wildman–Crippen MR) is 113 cm³/mol. The second-order valence-electron chi connectivity index (χ2n) is 6.16. The van der Waals surface area contributed by atoms with Gasteiger partial charge in [-0.1, -0.05) is 13.0 Å². The molecule has 0 saturated carbocycles. The first-order valence-electron chi connectivity index (χ1n) is 9.13. The van der Waals surface area contributed by atoms with Crippen LogP contribution < -0.4 is 20.7 Å². The third kappa shape index (κ3) is 7.70. The number of thiophene rings is 1. The summed E-state index contributed by atoms with van der Waals surface area (Å²) in [6.07, 6.45) is 0. The summed E-state index contributed by atoms with van der Waals surface area (Å²) in [5, 5.41) is 13.5. The van der Waals surface area contributed by atoms with Crippen LogP contribution in [0.4, 0.5) is 5.69 Å². The summed E-state index contributed by atoms with van der Waals surface area (Å²) in [6, 6.07) is 9.51. The van der Waals surface area contributed by atoms with Gasteiger partial charge in [0.05, 0.1) is 6.54 Å². The molecule has 1 heterocycles. The molecule has 2 rings (SSSR count). The zero-order chi connectivity index (χ0) is 19.5. The molecule has 1 aromatic carbocycles. The minimum absolute atomic E-state index is 0.100. The van der Waals surface area contributed by atoms with Gasteiger partial charge in [0.25, 0.3) is 0 Å². The Morgan fingerprint density at radius 1 is 1.30 bits per heavy atom. The van der Waals surface area contributed by atoms with E-state index in [4.69, 9.17) is 4.74 Å². The molecular formula is C20H28N4O2S. The maximum absolute atomic E-state index is 11.1.